The van der Waals surface area contributed by atoms with Crippen LogP contribution < -0.4 is 10.1 Å². The highest BCUT2D eigenvalue weighted by Gasteiger charge is 2.01. The van der Waals surface area contributed by atoms with E-state index in [1.165, 1.54) is 11.1 Å². The van der Waals surface area contributed by atoms with Crippen molar-refractivity contribution in [1.29, 1.82) is 0 Å². The maximum Gasteiger partial charge on any atom is 0.120 e. The van der Waals surface area contributed by atoms with Crippen molar-refractivity contribution in [2.75, 3.05) is 13.2 Å². The molecule has 2 rings (SSSR count). The lowest BCUT2D eigenvalue weighted by molar-refractivity contribution is 0.363. The molecule has 3 heteroatoms. The van der Waals surface area contributed by atoms with Crippen LogP contribution in [0.2, 0.25) is 0 Å². The van der Waals surface area contributed by atoms with Gasteiger partial charge in [0.15, 0.2) is 0 Å². The Hall–Kier alpha value is -1.58. The van der Waals surface area contributed by atoms with Gasteiger partial charge in [0.1, 0.15) is 12.4 Å². The topological polar surface area (TPSA) is 21.3 Å². The number of nitrogens with one attached hydrogen (secondary N) is 1. The summed E-state index contributed by atoms with van der Waals surface area (Å²) in [5.41, 5.74) is 2.39. The minimum Gasteiger partial charge on any atom is -0.490 e. The zero-order chi connectivity index (χ0) is 14.9. The largest absolute Gasteiger partial charge is 0.490 e. The molecule has 0 unspecified atom stereocenters. The maximum absolute atomic E-state index is 5.77. The molecule has 0 aliphatic carbocycles. The molecule has 0 fully saturated rings. The highest BCUT2D eigenvalue weighted by atomic mass is 79.9. The number of hydrogen-bond donors (Lipinski definition) is 1. The molecule has 0 heterocycles. The van der Waals surface area contributed by atoms with E-state index in [9.17, 15) is 0 Å². The van der Waals surface area contributed by atoms with Gasteiger partial charge in [0.25, 0.3) is 0 Å². The summed E-state index contributed by atoms with van der Waals surface area (Å²) in [6.07, 6.45) is 4.10. The van der Waals surface area contributed by atoms with Crippen LogP contribution in [0.3, 0.4) is 0 Å². The standard InChI is InChI=1S/C18H20BrNO/c1-2-20-14-16-13-17(10-11-18(16)19)21-12-6-9-15-7-4-3-5-8-15/h3-11,13,20H,2,12,14H2,1H3/b9-6+. The normalized spacial score (nSPS) is 11.0. The van der Waals surface area contributed by atoms with Crippen molar-refractivity contribution in [2.24, 2.45) is 0 Å². The van der Waals surface area contributed by atoms with E-state index in [-0.39, 0.29) is 0 Å². The van der Waals surface area contributed by atoms with Crippen molar-refractivity contribution in [3.63, 3.8) is 0 Å². The Kier molecular flexibility index (Phi) is 6.51. The van der Waals surface area contributed by atoms with Crippen molar-refractivity contribution in [3.8, 4) is 5.75 Å². The van der Waals surface area contributed by atoms with E-state index in [2.05, 4.69) is 52.4 Å². The van der Waals surface area contributed by atoms with Crippen LogP contribution in [-0.4, -0.2) is 13.2 Å². The van der Waals surface area contributed by atoms with Gasteiger partial charge in [-0.1, -0.05) is 59.3 Å². The minimum absolute atomic E-state index is 0.567. The third-order valence-corrected chi connectivity index (χ3v) is 3.81. The first-order valence-corrected chi connectivity index (χ1v) is 7.92. The van der Waals surface area contributed by atoms with E-state index in [1.54, 1.807) is 0 Å². The van der Waals surface area contributed by atoms with Crippen molar-refractivity contribution < 1.29 is 4.74 Å². The molecule has 2 nitrogen and oxygen atoms in total. The Labute approximate surface area is 135 Å². The summed E-state index contributed by atoms with van der Waals surface area (Å²) in [7, 11) is 0. The lowest BCUT2D eigenvalue weighted by atomic mass is 10.2. The molecule has 0 aromatic heterocycles. The summed E-state index contributed by atoms with van der Waals surface area (Å²) in [5.74, 6) is 0.892. The Morgan fingerprint density at radius 3 is 2.71 bits per heavy atom. The fraction of sp³-hybridized carbons (Fsp3) is 0.222. The Bertz CT molecular complexity index is 581. The summed E-state index contributed by atoms with van der Waals surface area (Å²) in [4.78, 5) is 0. The van der Waals surface area contributed by atoms with Crippen molar-refractivity contribution in [1.82, 2.24) is 5.32 Å². The smallest absolute Gasteiger partial charge is 0.120 e. The number of ether oxygens (including phenoxy) is 1. The van der Waals surface area contributed by atoms with Gasteiger partial charge in [-0.05, 0) is 41.9 Å². The average Bonchev–Trinajstić information content (AvgIpc) is 2.52. The van der Waals surface area contributed by atoms with Crippen LogP contribution in [0.4, 0.5) is 0 Å². The van der Waals surface area contributed by atoms with E-state index in [1.807, 2.05) is 36.4 Å². The van der Waals surface area contributed by atoms with E-state index < -0.39 is 0 Å². The number of rotatable bonds is 7. The molecule has 110 valence electrons. The molecule has 0 amide bonds. The van der Waals surface area contributed by atoms with E-state index in [0.29, 0.717) is 6.61 Å². The van der Waals surface area contributed by atoms with Gasteiger partial charge in [-0.15, -0.1) is 0 Å². The Balaban J connectivity index is 1.89. The van der Waals surface area contributed by atoms with Crippen LogP contribution in [0.15, 0.2) is 59.1 Å². The SMILES string of the molecule is CCNCc1cc(OC/C=C/c2ccccc2)ccc1Br. The van der Waals surface area contributed by atoms with Gasteiger partial charge in [-0.25, -0.2) is 0 Å². The van der Waals surface area contributed by atoms with Gasteiger partial charge in [-0.2, -0.15) is 0 Å². The van der Waals surface area contributed by atoms with Crippen LogP contribution in [-0.2, 0) is 6.54 Å². The predicted octanol–water partition coefficient (Wildman–Crippen LogP) is 4.65. The summed E-state index contributed by atoms with van der Waals surface area (Å²) >= 11 is 3.56. The quantitative estimate of drug-likeness (QED) is 0.788. The lowest BCUT2D eigenvalue weighted by Crippen LogP contribution is -2.12. The number of benzene rings is 2. The van der Waals surface area contributed by atoms with Crippen molar-refractivity contribution >= 4 is 22.0 Å². The molecule has 0 saturated heterocycles. The van der Waals surface area contributed by atoms with Gasteiger partial charge < -0.3 is 10.1 Å². The third-order valence-electron chi connectivity index (χ3n) is 3.04. The Morgan fingerprint density at radius 2 is 1.95 bits per heavy atom. The molecule has 0 spiro atoms. The van der Waals surface area contributed by atoms with Crippen molar-refractivity contribution in [2.45, 2.75) is 13.5 Å². The molecule has 2 aromatic rings. The predicted molar refractivity (Wildman–Crippen MR) is 92.5 cm³/mol. The maximum atomic E-state index is 5.77. The van der Waals surface area contributed by atoms with Crippen LogP contribution in [0, 0.1) is 0 Å². The number of hydrogen-bond acceptors (Lipinski definition) is 2. The zero-order valence-electron chi connectivity index (χ0n) is 12.2. The van der Waals surface area contributed by atoms with Crippen molar-refractivity contribution in [3.05, 3.63) is 70.2 Å². The molecular weight excluding hydrogens is 326 g/mol. The first kappa shape index (κ1) is 15.8. The second-order valence-corrected chi connectivity index (χ2v) is 5.51. The summed E-state index contributed by atoms with van der Waals surface area (Å²) in [5, 5.41) is 3.32. The highest BCUT2D eigenvalue weighted by molar-refractivity contribution is 9.10. The van der Waals surface area contributed by atoms with E-state index in [0.717, 1.165) is 23.3 Å². The minimum atomic E-state index is 0.567. The monoisotopic (exact) mass is 345 g/mol. The average molecular weight is 346 g/mol. The molecule has 0 aliphatic heterocycles. The summed E-state index contributed by atoms with van der Waals surface area (Å²) < 4.78 is 6.88. The second kappa shape index (κ2) is 8.65. The second-order valence-electron chi connectivity index (χ2n) is 4.66. The summed E-state index contributed by atoms with van der Waals surface area (Å²) in [6, 6.07) is 16.3. The summed E-state index contributed by atoms with van der Waals surface area (Å²) in [6.45, 7) is 4.46. The fourth-order valence-electron chi connectivity index (χ4n) is 1.93. The lowest BCUT2D eigenvalue weighted by Gasteiger charge is -2.09. The fourth-order valence-corrected chi connectivity index (χ4v) is 2.32. The van der Waals surface area contributed by atoms with Gasteiger partial charge in [0.05, 0.1) is 0 Å². The molecule has 0 aliphatic rings. The van der Waals surface area contributed by atoms with Crippen LogP contribution in [0.25, 0.3) is 6.08 Å². The van der Waals surface area contributed by atoms with E-state index >= 15 is 0 Å². The number of halogens is 1. The third kappa shape index (κ3) is 5.37. The Morgan fingerprint density at radius 1 is 1.14 bits per heavy atom. The first-order valence-electron chi connectivity index (χ1n) is 7.13. The van der Waals surface area contributed by atoms with Gasteiger partial charge in [0.2, 0.25) is 0 Å². The van der Waals surface area contributed by atoms with Crippen LogP contribution >= 0.6 is 15.9 Å². The van der Waals surface area contributed by atoms with E-state index in [4.69, 9.17) is 4.74 Å². The molecule has 1 N–H and O–H groups in total. The molecule has 0 radical (unpaired) electrons. The van der Waals surface area contributed by atoms with Gasteiger partial charge in [-0.3, -0.25) is 0 Å². The van der Waals surface area contributed by atoms with Crippen LogP contribution in [0.1, 0.15) is 18.1 Å². The first-order chi connectivity index (χ1) is 10.3. The molecule has 21 heavy (non-hydrogen) atoms. The molecular formula is C18H20BrNO. The van der Waals surface area contributed by atoms with Crippen LogP contribution in [0.5, 0.6) is 5.75 Å². The molecule has 0 atom stereocenters. The zero-order valence-corrected chi connectivity index (χ0v) is 13.8. The molecule has 0 bridgehead atoms. The van der Waals surface area contributed by atoms with Gasteiger partial charge in [0, 0.05) is 11.0 Å². The molecule has 2 aromatic carbocycles. The molecule has 0 saturated carbocycles. The highest BCUT2D eigenvalue weighted by Crippen LogP contribution is 2.22. The van der Waals surface area contributed by atoms with Gasteiger partial charge >= 0.3 is 0 Å².